The van der Waals surface area contributed by atoms with Crippen LogP contribution >= 0.6 is 11.6 Å². The van der Waals surface area contributed by atoms with Gasteiger partial charge in [-0.3, -0.25) is 9.69 Å². The number of nitrogens with two attached hydrogens (primary N) is 1. The van der Waals surface area contributed by atoms with Gasteiger partial charge in [0.1, 0.15) is 6.07 Å². The molecular formula is C26H31ClN12O3. The topological polar surface area (TPSA) is 205 Å². The van der Waals surface area contributed by atoms with Crippen molar-refractivity contribution in [2.75, 3.05) is 49.3 Å². The Hall–Kier alpha value is -4.86. The Morgan fingerprint density at radius 3 is 2.64 bits per heavy atom. The van der Waals surface area contributed by atoms with Crippen molar-refractivity contribution in [3.05, 3.63) is 34.6 Å². The molecule has 0 saturated carbocycles. The molecule has 16 heteroatoms. The SMILES string of the molecule is CCNc1nc(Nc2cc(C#N)cc(N3CC[C@@H](N(C)C(=O)O)[C@H](N(C)[C@@H](C)C(N)=O)C3)c2Cl)nn2c(C#N)cnc12. The fourth-order valence-electron chi connectivity index (χ4n) is 5.03. The minimum absolute atomic E-state index is 0.116. The van der Waals surface area contributed by atoms with E-state index in [2.05, 4.69) is 31.8 Å². The molecule has 0 aliphatic carbocycles. The van der Waals surface area contributed by atoms with Crippen LogP contribution in [0.5, 0.6) is 0 Å². The molecule has 1 saturated heterocycles. The number of nitriles is 2. The Kier molecular flexibility index (Phi) is 8.84. The zero-order chi connectivity index (χ0) is 30.7. The van der Waals surface area contributed by atoms with E-state index in [1.54, 1.807) is 31.0 Å². The van der Waals surface area contributed by atoms with Gasteiger partial charge < -0.3 is 31.3 Å². The van der Waals surface area contributed by atoms with Gasteiger partial charge in [0.2, 0.25) is 11.9 Å². The number of anilines is 4. The molecule has 0 spiro atoms. The summed E-state index contributed by atoms with van der Waals surface area (Å²) in [7, 11) is 3.23. The summed E-state index contributed by atoms with van der Waals surface area (Å²) < 4.78 is 1.36. The van der Waals surface area contributed by atoms with Gasteiger partial charge in [-0.2, -0.15) is 20.0 Å². The summed E-state index contributed by atoms with van der Waals surface area (Å²) in [6.45, 7) is 4.84. The molecule has 1 aliphatic rings. The summed E-state index contributed by atoms with van der Waals surface area (Å²) in [5.41, 5.74) is 7.36. The maximum atomic E-state index is 12.0. The number of amides is 2. The number of nitrogens with zero attached hydrogens (tertiary/aromatic N) is 9. The highest BCUT2D eigenvalue weighted by Crippen LogP contribution is 2.38. The third-order valence-corrected chi connectivity index (χ3v) is 7.88. The molecule has 1 fully saturated rings. The molecule has 220 valence electrons. The van der Waals surface area contributed by atoms with Gasteiger partial charge in [-0.05, 0) is 39.4 Å². The maximum absolute atomic E-state index is 12.0. The highest BCUT2D eigenvalue weighted by atomic mass is 35.5. The van der Waals surface area contributed by atoms with E-state index in [-0.39, 0.29) is 16.7 Å². The second kappa shape index (κ2) is 12.3. The van der Waals surface area contributed by atoms with Crippen molar-refractivity contribution < 1.29 is 14.7 Å². The van der Waals surface area contributed by atoms with Crippen LogP contribution in [0.3, 0.4) is 0 Å². The third-order valence-electron chi connectivity index (χ3n) is 7.48. The van der Waals surface area contributed by atoms with Crippen molar-refractivity contribution in [1.82, 2.24) is 29.4 Å². The Labute approximate surface area is 247 Å². The lowest BCUT2D eigenvalue weighted by molar-refractivity contribution is -0.123. The number of hydrogen-bond donors (Lipinski definition) is 4. The average Bonchev–Trinajstić information content (AvgIpc) is 3.40. The quantitative estimate of drug-likeness (QED) is 0.281. The molecule has 1 aromatic carbocycles. The van der Waals surface area contributed by atoms with Gasteiger partial charge in [0.05, 0.1) is 46.3 Å². The van der Waals surface area contributed by atoms with Crippen LogP contribution in [-0.4, -0.2) is 98.3 Å². The van der Waals surface area contributed by atoms with Crippen LogP contribution in [0, 0.1) is 22.7 Å². The summed E-state index contributed by atoms with van der Waals surface area (Å²) >= 11 is 6.92. The van der Waals surface area contributed by atoms with Crippen molar-refractivity contribution in [3.63, 3.8) is 0 Å². The van der Waals surface area contributed by atoms with Crippen molar-refractivity contribution in [3.8, 4) is 12.1 Å². The third kappa shape index (κ3) is 5.79. The summed E-state index contributed by atoms with van der Waals surface area (Å²) in [5, 5.41) is 39.9. The number of hydrogen-bond acceptors (Lipinski definition) is 11. The minimum Gasteiger partial charge on any atom is -0.465 e. The zero-order valence-corrected chi connectivity index (χ0v) is 24.3. The first kappa shape index (κ1) is 30.1. The predicted molar refractivity (Wildman–Crippen MR) is 156 cm³/mol. The first-order chi connectivity index (χ1) is 20.0. The van der Waals surface area contributed by atoms with E-state index in [0.717, 1.165) is 0 Å². The number of fused-ring (bicyclic) bond motifs is 1. The molecule has 0 radical (unpaired) electrons. The van der Waals surface area contributed by atoms with E-state index in [0.29, 0.717) is 54.5 Å². The fourth-order valence-corrected chi connectivity index (χ4v) is 5.31. The summed E-state index contributed by atoms with van der Waals surface area (Å²) in [4.78, 5) is 37.5. The molecule has 0 unspecified atom stereocenters. The molecule has 42 heavy (non-hydrogen) atoms. The second-order valence-corrected chi connectivity index (χ2v) is 10.3. The molecular weight excluding hydrogens is 564 g/mol. The van der Waals surface area contributed by atoms with Gasteiger partial charge in [-0.15, -0.1) is 5.10 Å². The van der Waals surface area contributed by atoms with Crippen LogP contribution in [0.4, 0.5) is 27.9 Å². The molecule has 15 nitrogen and oxygen atoms in total. The van der Waals surface area contributed by atoms with Crippen molar-refractivity contribution in [2.24, 2.45) is 5.73 Å². The van der Waals surface area contributed by atoms with Gasteiger partial charge >= 0.3 is 6.09 Å². The fraction of sp³-hybridized carbons (Fsp3) is 0.423. The summed E-state index contributed by atoms with van der Waals surface area (Å²) in [6, 6.07) is 5.92. The Morgan fingerprint density at radius 2 is 2.02 bits per heavy atom. The number of carbonyl (C=O) groups excluding carboxylic acids is 1. The van der Waals surface area contributed by atoms with Crippen molar-refractivity contribution in [2.45, 2.75) is 38.4 Å². The summed E-state index contributed by atoms with van der Waals surface area (Å²) in [6.07, 6.45) is 0.747. The molecule has 3 heterocycles. The Bertz CT molecular complexity index is 1600. The largest absolute Gasteiger partial charge is 0.465 e. The van der Waals surface area contributed by atoms with E-state index in [9.17, 15) is 25.2 Å². The number of piperidine rings is 1. The highest BCUT2D eigenvalue weighted by Gasteiger charge is 2.39. The number of carbonyl (C=O) groups is 2. The van der Waals surface area contributed by atoms with Crippen LogP contribution < -0.4 is 21.3 Å². The number of primary amides is 1. The van der Waals surface area contributed by atoms with Gasteiger partial charge in [-0.25, -0.2) is 9.78 Å². The maximum Gasteiger partial charge on any atom is 0.407 e. The molecule has 5 N–H and O–H groups in total. The number of aromatic nitrogens is 4. The number of imidazole rings is 1. The van der Waals surface area contributed by atoms with Gasteiger partial charge in [-0.1, -0.05) is 11.6 Å². The van der Waals surface area contributed by atoms with Crippen LogP contribution in [0.25, 0.3) is 5.65 Å². The first-order valence-electron chi connectivity index (χ1n) is 13.1. The number of likely N-dealkylation sites (N-methyl/N-ethyl adjacent to an activating group) is 2. The number of nitrogens with one attached hydrogen (secondary N) is 2. The molecule has 0 bridgehead atoms. The smallest absolute Gasteiger partial charge is 0.407 e. The normalized spacial score (nSPS) is 17.4. The lowest BCUT2D eigenvalue weighted by atomic mass is 9.94. The van der Waals surface area contributed by atoms with E-state index in [1.165, 1.54) is 22.7 Å². The van der Waals surface area contributed by atoms with Crippen LogP contribution in [0.1, 0.15) is 31.5 Å². The monoisotopic (exact) mass is 594 g/mol. The second-order valence-electron chi connectivity index (χ2n) is 9.91. The highest BCUT2D eigenvalue weighted by molar-refractivity contribution is 6.36. The molecule has 2 aromatic heterocycles. The van der Waals surface area contributed by atoms with Gasteiger partial charge in [0.15, 0.2) is 17.2 Å². The number of benzene rings is 1. The molecule has 3 atom stereocenters. The molecule has 2 amide bonds. The molecule has 3 aromatic rings. The van der Waals surface area contributed by atoms with Crippen LogP contribution in [0.15, 0.2) is 18.3 Å². The summed E-state index contributed by atoms with van der Waals surface area (Å²) in [5.74, 6) is -0.0115. The Balaban J connectivity index is 1.73. The predicted octanol–water partition coefficient (Wildman–Crippen LogP) is 2.06. The van der Waals surface area contributed by atoms with Gasteiger partial charge in [0.25, 0.3) is 0 Å². The number of rotatable bonds is 9. The number of halogens is 1. The van der Waals surface area contributed by atoms with E-state index < -0.39 is 30.1 Å². The van der Waals surface area contributed by atoms with Crippen molar-refractivity contribution in [1.29, 1.82) is 10.5 Å². The van der Waals surface area contributed by atoms with Gasteiger partial charge in [0, 0.05) is 32.7 Å². The van der Waals surface area contributed by atoms with E-state index in [1.807, 2.05) is 17.9 Å². The first-order valence-corrected chi connectivity index (χ1v) is 13.5. The van der Waals surface area contributed by atoms with Crippen LogP contribution in [-0.2, 0) is 4.79 Å². The minimum atomic E-state index is -1.08. The lowest BCUT2D eigenvalue weighted by Gasteiger charge is -2.47. The molecule has 4 rings (SSSR count). The lowest BCUT2D eigenvalue weighted by Crippen LogP contribution is -2.62. The average molecular weight is 595 g/mol. The standard InChI is InChI=1S/C26H31ClN12O3/c1-5-31-23-24-32-12-16(11-29)39(24)35-25(34-23)33-17-8-15(10-28)9-19(21(17)27)38-7-6-18(37(4)26(41)42)20(13-38)36(3)14(2)22(30)40/h8-9,12,14,18,20H,5-7,13H2,1-4H3,(H2,30,40)(H,41,42)(H2,31,33,34,35)/t14-,18+,20+/m0/s1. The zero-order valence-electron chi connectivity index (χ0n) is 23.5. The van der Waals surface area contributed by atoms with Crippen LogP contribution in [0.2, 0.25) is 5.02 Å². The van der Waals surface area contributed by atoms with E-state index in [4.69, 9.17) is 17.3 Å². The van der Waals surface area contributed by atoms with Crippen molar-refractivity contribution >= 4 is 52.4 Å². The number of carboxylic acid groups (broad SMARTS) is 1. The Morgan fingerprint density at radius 1 is 1.29 bits per heavy atom. The molecule has 1 aliphatic heterocycles. The van der Waals surface area contributed by atoms with E-state index >= 15 is 0 Å².